The van der Waals surface area contributed by atoms with Gasteiger partial charge in [0.05, 0.1) is 9.95 Å². The summed E-state index contributed by atoms with van der Waals surface area (Å²) in [7, 11) is 0. The van der Waals surface area contributed by atoms with Gasteiger partial charge >= 0.3 is 0 Å². The van der Waals surface area contributed by atoms with Crippen LogP contribution >= 0.6 is 23.2 Å². The molecule has 2 rings (SSSR count). The van der Waals surface area contributed by atoms with E-state index < -0.39 is 4.92 Å². The molecule has 0 radical (unpaired) electrons. The van der Waals surface area contributed by atoms with Gasteiger partial charge in [-0.2, -0.15) is 0 Å². The Balaban J connectivity index is 2.19. The lowest BCUT2D eigenvalue weighted by Crippen LogP contribution is -1.89. The first kappa shape index (κ1) is 13.6. The summed E-state index contributed by atoms with van der Waals surface area (Å²) in [6, 6.07) is 11.0. The van der Waals surface area contributed by atoms with Crippen molar-refractivity contribution in [1.82, 2.24) is 0 Å². The molecule has 19 heavy (non-hydrogen) atoms. The maximum atomic E-state index is 10.5. The van der Waals surface area contributed by atoms with Crippen LogP contribution in [0.4, 0.5) is 5.69 Å². The molecule has 0 aliphatic rings. The van der Waals surface area contributed by atoms with Crippen molar-refractivity contribution in [3.63, 3.8) is 0 Å². The zero-order valence-electron chi connectivity index (χ0n) is 9.68. The minimum atomic E-state index is -0.466. The van der Waals surface area contributed by atoms with Crippen LogP contribution in [0.5, 0.6) is 11.5 Å². The molecule has 0 saturated heterocycles. The number of benzene rings is 2. The minimum absolute atomic E-state index is 0.0101. The molecule has 0 heterocycles. The Kier molecular flexibility index (Phi) is 4.24. The number of hydrogen-bond acceptors (Lipinski definition) is 3. The summed E-state index contributed by atoms with van der Waals surface area (Å²) in [5.74, 6) is 1.33. The molecule has 0 aromatic heterocycles. The van der Waals surface area contributed by atoms with Crippen molar-refractivity contribution >= 4 is 28.9 Å². The average Bonchev–Trinajstić information content (AvgIpc) is 2.41. The predicted octanol–water partition coefficient (Wildman–Crippen LogP) is 4.78. The van der Waals surface area contributed by atoms with Gasteiger partial charge < -0.3 is 4.74 Å². The topological polar surface area (TPSA) is 52.4 Å². The van der Waals surface area contributed by atoms with Crippen molar-refractivity contribution < 1.29 is 9.66 Å². The molecule has 0 amide bonds. The smallest absolute Gasteiger partial charge is 0.269 e. The van der Waals surface area contributed by atoms with Gasteiger partial charge in [0.2, 0.25) is 0 Å². The van der Waals surface area contributed by atoms with Crippen LogP contribution in [0.1, 0.15) is 5.56 Å². The zero-order valence-corrected chi connectivity index (χ0v) is 11.2. The largest absolute Gasteiger partial charge is 0.456 e. The van der Waals surface area contributed by atoms with E-state index in [1.807, 2.05) is 0 Å². The number of nitro benzene ring substituents is 1. The summed E-state index contributed by atoms with van der Waals surface area (Å²) in [6.45, 7) is 0. The monoisotopic (exact) mass is 297 g/mol. The summed E-state index contributed by atoms with van der Waals surface area (Å²) in [5, 5.41) is 11.0. The molecule has 0 unspecified atom stereocenters. The van der Waals surface area contributed by atoms with Crippen LogP contribution in [-0.4, -0.2) is 4.92 Å². The van der Waals surface area contributed by atoms with E-state index in [0.29, 0.717) is 22.4 Å². The lowest BCUT2D eigenvalue weighted by atomic mass is 10.2. The molecule has 0 bridgehead atoms. The highest BCUT2D eigenvalue weighted by Gasteiger charge is 2.07. The molecular formula is C13H9Cl2NO3. The normalized spacial score (nSPS) is 10.2. The third kappa shape index (κ3) is 3.36. The van der Waals surface area contributed by atoms with Gasteiger partial charge in [-0.1, -0.05) is 17.7 Å². The van der Waals surface area contributed by atoms with Gasteiger partial charge in [0.1, 0.15) is 11.5 Å². The van der Waals surface area contributed by atoms with Gasteiger partial charge in [0, 0.05) is 18.0 Å². The number of alkyl halides is 1. The summed E-state index contributed by atoms with van der Waals surface area (Å²) < 4.78 is 5.55. The maximum absolute atomic E-state index is 10.5. The first-order chi connectivity index (χ1) is 9.10. The standard InChI is InChI=1S/C13H9Cl2NO3/c14-8-9-1-6-13(12(15)7-9)19-11-4-2-10(3-5-11)16(17)18/h1-7H,8H2. The fourth-order valence-corrected chi connectivity index (χ4v) is 1.88. The molecule has 0 saturated carbocycles. The van der Waals surface area contributed by atoms with Crippen molar-refractivity contribution in [2.24, 2.45) is 0 Å². The van der Waals surface area contributed by atoms with Crippen molar-refractivity contribution in [2.75, 3.05) is 0 Å². The summed E-state index contributed by atoms with van der Waals surface area (Å²) in [5.41, 5.74) is 0.902. The number of nitro groups is 1. The Labute approximate surface area is 119 Å². The molecule has 0 aliphatic carbocycles. The highest BCUT2D eigenvalue weighted by molar-refractivity contribution is 6.32. The number of hydrogen-bond donors (Lipinski definition) is 0. The molecule has 0 spiro atoms. The molecule has 2 aromatic carbocycles. The number of non-ortho nitro benzene ring substituents is 1. The first-order valence-corrected chi connectivity index (χ1v) is 6.28. The van der Waals surface area contributed by atoms with E-state index in [1.54, 1.807) is 18.2 Å². The summed E-state index contributed by atoms with van der Waals surface area (Å²) in [4.78, 5) is 10.1. The second-order valence-electron chi connectivity index (χ2n) is 3.75. The van der Waals surface area contributed by atoms with E-state index in [-0.39, 0.29) is 5.69 Å². The minimum Gasteiger partial charge on any atom is -0.456 e. The van der Waals surface area contributed by atoms with E-state index in [9.17, 15) is 10.1 Å². The van der Waals surface area contributed by atoms with Crippen LogP contribution < -0.4 is 4.74 Å². The van der Waals surface area contributed by atoms with Gasteiger partial charge in [0.25, 0.3) is 5.69 Å². The molecular weight excluding hydrogens is 289 g/mol. The molecule has 98 valence electrons. The van der Waals surface area contributed by atoms with Crippen LogP contribution in [0.25, 0.3) is 0 Å². The Morgan fingerprint density at radius 3 is 2.37 bits per heavy atom. The number of ether oxygens (including phenoxy) is 1. The highest BCUT2D eigenvalue weighted by atomic mass is 35.5. The van der Waals surface area contributed by atoms with Crippen molar-refractivity contribution in [1.29, 1.82) is 0 Å². The molecule has 2 aromatic rings. The van der Waals surface area contributed by atoms with Crippen LogP contribution in [-0.2, 0) is 5.88 Å². The van der Waals surface area contributed by atoms with Gasteiger partial charge in [0.15, 0.2) is 0 Å². The SMILES string of the molecule is O=[N+]([O-])c1ccc(Oc2ccc(CCl)cc2Cl)cc1. The number of nitrogens with zero attached hydrogens (tertiary/aromatic N) is 1. The molecule has 0 fully saturated rings. The second kappa shape index (κ2) is 5.91. The Morgan fingerprint density at radius 1 is 1.16 bits per heavy atom. The number of rotatable bonds is 4. The fourth-order valence-electron chi connectivity index (χ4n) is 1.47. The van der Waals surface area contributed by atoms with E-state index in [0.717, 1.165) is 5.56 Å². The lowest BCUT2D eigenvalue weighted by Gasteiger charge is -2.08. The molecule has 0 atom stereocenters. The quantitative estimate of drug-likeness (QED) is 0.463. The summed E-state index contributed by atoms with van der Waals surface area (Å²) >= 11 is 11.7. The van der Waals surface area contributed by atoms with Crippen LogP contribution in [0.3, 0.4) is 0 Å². The zero-order chi connectivity index (χ0) is 13.8. The molecule has 0 aliphatic heterocycles. The first-order valence-electron chi connectivity index (χ1n) is 5.37. The average molecular weight is 298 g/mol. The van der Waals surface area contributed by atoms with Gasteiger partial charge in [-0.25, -0.2) is 0 Å². The highest BCUT2D eigenvalue weighted by Crippen LogP contribution is 2.31. The third-order valence-corrected chi connectivity index (χ3v) is 3.03. The predicted molar refractivity (Wildman–Crippen MR) is 74.2 cm³/mol. The van der Waals surface area contributed by atoms with E-state index in [1.165, 1.54) is 24.3 Å². The summed E-state index contributed by atoms with van der Waals surface area (Å²) in [6.07, 6.45) is 0. The molecule has 6 heteroatoms. The van der Waals surface area contributed by atoms with E-state index in [4.69, 9.17) is 27.9 Å². The second-order valence-corrected chi connectivity index (χ2v) is 4.43. The lowest BCUT2D eigenvalue weighted by molar-refractivity contribution is -0.384. The van der Waals surface area contributed by atoms with E-state index in [2.05, 4.69) is 0 Å². The Bertz CT molecular complexity index is 599. The van der Waals surface area contributed by atoms with Crippen molar-refractivity contribution in [2.45, 2.75) is 5.88 Å². The number of halogens is 2. The molecule has 4 nitrogen and oxygen atoms in total. The van der Waals surface area contributed by atoms with Crippen molar-refractivity contribution in [3.05, 3.63) is 63.2 Å². The van der Waals surface area contributed by atoms with Crippen LogP contribution in [0.15, 0.2) is 42.5 Å². The Hall–Kier alpha value is -1.78. The van der Waals surface area contributed by atoms with Crippen LogP contribution in [0, 0.1) is 10.1 Å². The fraction of sp³-hybridized carbons (Fsp3) is 0.0769. The van der Waals surface area contributed by atoms with Gasteiger partial charge in [-0.3, -0.25) is 10.1 Å². The van der Waals surface area contributed by atoms with Crippen LogP contribution in [0.2, 0.25) is 5.02 Å². The Morgan fingerprint density at radius 2 is 1.84 bits per heavy atom. The van der Waals surface area contributed by atoms with E-state index >= 15 is 0 Å². The molecule has 0 N–H and O–H groups in total. The van der Waals surface area contributed by atoms with Crippen molar-refractivity contribution in [3.8, 4) is 11.5 Å². The van der Waals surface area contributed by atoms with Gasteiger partial charge in [-0.15, -0.1) is 11.6 Å². The third-order valence-electron chi connectivity index (χ3n) is 2.43. The van der Waals surface area contributed by atoms with Gasteiger partial charge in [-0.05, 0) is 29.8 Å². The maximum Gasteiger partial charge on any atom is 0.269 e.